The van der Waals surface area contributed by atoms with Gasteiger partial charge in [0.15, 0.2) is 0 Å². The van der Waals surface area contributed by atoms with E-state index in [0.29, 0.717) is 19.5 Å². The highest BCUT2D eigenvalue weighted by Crippen LogP contribution is 2.25. The van der Waals surface area contributed by atoms with Gasteiger partial charge < -0.3 is 14.9 Å². The van der Waals surface area contributed by atoms with Crippen LogP contribution in [0.2, 0.25) is 0 Å². The van der Waals surface area contributed by atoms with E-state index in [1.165, 1.54) is 4.90 Å². The minimum atomic E-state index is -1.06. The number of aliphatic carboxylic acids is 1. The Morgan fingerprint density at radius 3 is 2.47 bits per heavy atom. The topological polar surface area (TPSA) is 60.9 Å². The third-order valence-corrected chi connectivity index (χ3v) is 3.01. The van der Waals surface area contributed by atoms with Crippen molar-refractivity contribution < 1.29 is 14.7 Å². The molecule has 15 heavy (non-hydrogen) atoms. The fraction of sp³-hybridized carbons (Fsp3) is 0.800. The molecule has 1 atom stereocenters. The van der Waals surface area contributed by atoms with E-state index in [-0.39, 0.29) is 6.03 Å². The largest absolute Gasteiger partial charge is 0.480 e. The van der Waals surface area contributed by atoms with Crippen molar-refractivity contribution in [3.8, 4) is 0 Å². The van der Waals surface area contributed by atoms with Crippen LogP contribution in [0.15, 0.2) is 0 Å². The van der Waals surface area contributed by atoms with E-state index in [1.54, 1.807) is 18.9 Å². The molecule has 0 aliphatic carbocycles. The smallest absolute Gasteiger partial charge is 0.329 e. The molecule has 0 aromatic heterocycles. The quantitative estimate of drug-likeness (QED) is 0.759. The summed E-state index contributed by atoms with van der Waals surface area (Å²) in [5, 5.41) is 9.22. The normalized spacial score (nSPS) is 20.6. The molecular weight excluding hydrogens is 196 g/mol. The second-order valence-corrected chi connectivity index (χ2v) is 4.18. The number of hydrogen-bond acceptors (Lipinski definition) is 2. The van der Waals surface area contributed by atoms with Gasteiger partial charge in [0, 0.05) is 20.1 Å². The predicted octanol–water partition coefficient (Wildman–Crippen LogP) is 0.997. The molecule has 5 nitrogen and oxygen atoms in total. The van der Waals surface area contributed by atoms with Gasteiger partial charge in [-0.3, -0.25) is 0 Å². The number of hydrogen-bond donors (Lipinski definition) is 1. The van der Waals surface area contributed by atoms with E-state index in [4.69, 9.17) is 0 Å². The van der Waals surface area contributed by atoms with Crippen molar-refractivity contribution in [3.05, 3.63) is 0 Å². The molecular formula is C10H18N2O3. The summed E-state index contributed by atoms with van der Waals surface area (Å²) in [6.07, 6.45) is 1.23. The van der Waals surface area contributed by atoms with Crippen LogP contribution in [-0.2, 0) is 4.79 Å². The van der Waals surface area contributed by atoms with Crippen molar-refractivity contribution in [2.24, 2.45) is 0 Å². The van der Waals surface area contributed by atoms with Crippen molar-refractivity contribution in [2.45, 2.75) is 32.2 Å². The van der Waals surface area contributed by atoms with E-state index >= 15 is 0 Å². The summed E-state index contributed by atoms with van der Waals surface area (Å²) in [7, 11) is 1.69. The first-order valence-electron chi connectivity index (χ1n) is 5.19. The lowest BCUT2D eigenvalue weighted by Gasteiger charge is -2.34. The molecule has 1 fully saturated rings. The molecule has 0 bridgehead atoms. The number of carboxylic acids is 1. The van der Waals surface area contributed by atoms with Gasteiger partial charge in [-0.15, -0.1) is 0 Å². The zero-order valence-corrected chi connectivity index (χ0v) is 9.49. The Kier molecular flexibility index (Phi) is 3.21. The Morgan fingerprint density at radius 2 is 2.13 bits per heavy atom. The molecule has 2 amide bonds. The second kappa shape index (κ2) is 4.08. The maximum atomic E-state index is 11.7. The van der Waals surface area contributed by atoms with Gasteiger partial charge in [-0.25, -0.2) is 9.59 Å². The summed E-state index contributed by atoms with van der Waals surface area (Å²) in [6.45, 7) is 4.64. The van der Waals surface area contributed by atoms with Crippen molar-refractivity contribution in [1.29, 1.82) is 0 Å². The number of nitrogens with zero attached hydrogens (tertiary/aromatic N) is 2. The third-order valence-electron chi connectivity index (χ3n) is 3.01. The molecule has 0 spiro atoms. The lowest BCUT2D eigenvalue weighted by molar-refractivity contribution is -0.148. The maximum Gasteiger partial charge on any atom is 0.329 e. The Balaban J connectivity index is 2.90. The molecule has 1 heterocycles. The van der Waals surface area contributed by atoms with Gasteiger partial charge in [0.25, 0.3) is 0 Å². The number of carbonyl (C=O) groups excluding carboxylic acids is 1. The van der Waals surface area contributed by atoms with Crippen LogP contribution in [0.1, 0.15) is 26.7 Å². The van der Waals surface area contributed by atoms with Gasteiger partial charge in [0.1, 0.15) is 5.54 Å². The lowest BCUT2D eigenvalue weighted by Crippen LogP contribution is -2.53. The Labute approximate surface area is 89.7 Å². The van der Waals surface area contributed by atoms with E-state index < -0.39 is 11.5 Å². The first-order valence-corrected chi connectivity index (χ1v) is 5.19. The first kappa shape index (κ1) is 11.8. The molecule has 1 aliphatic rings. The summed E-state index contributed by atoms with van der Waals surface area (Å²) < 4.78 is 0. The molecule has 0 aromatic carbocycles. The summed E-state index contributed by atoms with van der Waals surface area (Å²) in [6, 6.07) is -0.187. The van der Waals surface area contributed by atoms with Crippen molar-refractivity contribution >= 4 is 12.0 Å². The molecule has 1 unspecified atom stereocenters. The Morgan fingerprint density at radius 1 is 1.53 bits per heavy atom. The first-order chi connectivity index (χ1) is 6.93. The van der Waals surface area contributed by atoms with Gasteiger partial charge in [-0.2, -0.15) is 0 Å². The molecule has 1 saturated heterocycles. The van der Waals surface area contributed by atoms with Crippen LogP contribution in [0.3, 0.4) is 0 Å². The van der Waals surface area contributed by atoms with Crippen LogP contribution in [0.25, 0.3) is 0 Å². The van der Waals surface area contributed by atoms with Gasteiger partial charge in [-0.05, 0) is 13.3 Å². The van der Waals surface area contributed by atoms with E-state index in [2.05, 4.69) is 0 Å². The van der Waals surface area contributed by atoms with E-state index in [0.717, 1.165) is 6.42 Å². The van der Waals surface area contributed by atoms with Gasteiger partial charge >= 0.3 is 12.0 Å². The number of amides is 2. The molecule has 0 aromatic rings. The molecule has 0 radical (unpaired) electrons. The minimum Gasteiger partial charge on any atom is -0.480 e. The number of likely N-dealkylation sites (N-methyl/N-ethyl adjacent to an activating group) is 1. The highest BCUT2D eigenvalue weighted by molar-refractivity contribution is 5.87. The number of carbonyl (C=O) groups is 2. The average Bonchev–Trinajstić information content (AvgIpc) is 2.48. The molecule has 5 heteroatoms. The van der Waals surface area contributed by atoms with Crippen LogP contribution >= 0.6 is 0 Å². The predicted molar refractivity (Wildman–Crippen MR) is 55.7 cm³/mol. The van der Waals surface area contributed by atoms with Crippen LogP contribution in [0.5, 0.6) is 0 Å². The number of urea groups is 1. The van der Waals surface area contributed by atoms with E-state index in [1.807, 2.05) is 6.92 Å². The second-order valence-electron chi connectivity index (χ2n) is 4.18. The van der Waals surface area contributed by atoms with Gasteiger partial charge in [0.05, 0.1) is 0 Å². The fourth-order valence-corrected chi connectivity index (χ4v) is 1.95. The zero-order chi connectivity index (χ0) is 11.6. The maximum absolute atomic E-state index is 11.7. The Bertz CT molecular complexity index is 280. The SMILES string of the molecule is CCCC(C)(C(=O)O)N1CCN(C)C1=O. The van der Waals surface area contributed by atoms with Crippen LogP contribution < -0.4 is 0 Å². The molecule has 86 valence electrons. The zero-order valence-electron chi connectivity index (χ0n) is 9.49. The lowest BCUT2D eigenvalue weighted by atomic mass is 9.94. The highest BCUT2D eigenvalue weighted by Gasteiger charge is 2.45. The molecule has 0 saturated carbocycles. The summed E-state index contributed by atoms with van der Waals surface area (Å²) in [5.74, 6) is -0.923. The third kappa shape index (κ3) is 1.91. The average molecular weight is 214 g/mol. The van der Waals surface area contributed by atoms with Crippen molar-refractivity contribution in [1.82, 2.24) is 9.80 Å². The molecule has 1 rings (SSSR count). The number of rotatable bonds is 4. The minimum absolute atomic E-state index is 0.187. The fourth-order valence-electron chi connectivity index (χ4n) is 1.95. The molecule has 1 aliphatic heterocycles. The highest BCUT2D eigenvalue weighted by atomic mass is 16.4. The monoisotopic (exact) mass is 214 g/mol. The summed E-state index contributed by atoms with van der Waals surface area (Å²) in [4.78, 5) is 26.0. The number of carboxylic acid groups (broad SMARTS) is 1. The van der Waals surface area contributed by atoms with Crippen LogP contribution in [-0.4, -0.2) is 52.6 Å². The van der Waals surface area contributed by atoms with Crippen molar-refractivity contribution in [2.75, 3.05) is 20.1 Å². The Hall–Kier alpha value is -1.26. The standard InChI is InChI=1S/C10H18N2O3/c1-4-5-10(2,8(13)14)12-7-6-11(3)9(12)15/h4-7H2,1-3H3,(H,13,14). The van der Waals surface area contributed by atoms with Gasteiger partial charge in [0.2, 0.25) is 0 Å². The summed E-state index contributed by atoms with van der Waals surface area (Å²) in [5.41, 5.74) is -1.06. The summed E-state index contributed by atoms with van der Waals surface area (Å²) >= 11 is 0. The van der Waals surface area contributed by atoms with Gasteiger partial charge in [-0.1, -0.05) is 13.3 Å². The van der Waals surface area contributed by atoms with E-state index in [9.17, 15) is 14.7 Å². The van der Waals surface area contributed by atoms with Crippen molar-refractivity contribution in [3.63, 3.8) is 0 Å². The van der Waals surface area contributed by atoms with Crippen LogP contribution in [0.4, 0.5) is 4.79 Å². The van der Waals surface area contributed by atoms with Crippen LogP contribution in [0, 0.1) is 0 Å². The molecule has 1 N–H and O–H groups in total.